The zero-order valence-electron chi connectivity index (χ0n) is 9.39. The zero-order valence-corrected chi connectivity index (χ0v) is 10.2. The second-order valence-corrected chi connectivity index (χ2v) is 5.35. The Bertz CT molecular complexity index is 500. The van der Waals surface area contributed by atoms with Crippen LogP contribution in [0.1, 0.15) is 31.0 Å². The van der Waals surface area contributed by atoms with E-state index in [0.717, 1.165) is 17.6 Å². The number of hydrogen-bond donors (Lipinski definition) is 0. The molecule has 0 aromatic carbocycles. The molecule has 3 heterocycles. The van der Waals surface area contributed by atoms with Crippen LogP contribution >= 0.6 is 11.8 Å². The largest absolute Gasteiger partial charge is 0.300 e. The second kappa shape index (κ2) is 4.09. The summed E-state index contributed by atoms with van der Waals surface area (Å²) in [4.78, 5) is 9.14. The van der Waals surface area contributed by atoms with E-state index in [1.54, 1.807) is 0 Å². The molecule has 84 valence electrons. The summed E-state index contributed by atoms with van der Waals surface area (Å²) in [6.07, 6.45) is 5.40. The van der Waals surface area contributed by atoms with Crippen LogP contribution in [0.3, 0.4) is 0 Å². The number of aryl methyl sites for hydroxylation is 1. The first-order chi connectivity index (χ1) is 7.90. The highest BCUT2D eigenvalue weighted by atomic mass is 32.2. The maximum atomic E-state index is 4.66. The third-order valence-electron chi connectivity index (χ3n) is 3.03. The minimum absolute atomic E-state index is 0.551. The van der Waals surface area contributed by atoms with E-state index in [9.17, 15) is 0 Å². The lowest BCUT2D eigenvalue weighted by Crippen LogP contribution is -2.06. The summed E-state index contributed by atoms with van der Waals surface area (Å²) < 4.78 is 2.34. The Hall–Kier alpha value is -1.03. The first-order valence-electron chi connectivity index (χ1n) is 5.83. The lowest BCUT2D eigenvalue weighted by atomic mass is 10.3. The van der Waals surface area contributed by atoms with Crippen molar-refractivity contribution in [1.82, 2.24) is 14.5 Å². The highest BCUT2D eigenvalue weighted by Gasteiger charge is 2.22. The Labute approximate surface area is 99.3 Å². The van der Waals surface area contributed by atoms with Gasteiger partial charge < -0.3 is 4.57 Å². The molecule has 1 unspecified atom stereocenters. The van der Waals surface area contributed by atoms with Crippen LogP contribution in [0, 0.1) is 0 Å². The maximum Gasteiger partial charge on any atom is 0.160 e. The van der Waals surface area contributed by atoms with Crippen LogP contribution in [0.5, 0.6) is 0 Å². The van der Waals surface area contributed by atoms with Gasteiger partial charge in [0.15, 0.2) is 5.65 Å². The number of aromatic nitrogens is 3. The van der Waals surface area contributed by atoms with E-state index in [1.165, 1.54) is 24.4 Å². The molecule has 0 saturated carbocycles. The second-order valence-electron chi connectivity index (χ2n) is 4.07. The quantitative estimate of drug-likeness (QED) is 0.799. The normalized spacial score (nSPS) is 20.7. The van der Waals surface area contributed by atoms with Gasteiger partial charge in [-0.05, 0) is 30.7 Å². The summed E-state index contributed by atoms with van der Waals surface area (Å²) in [6.45, 7) is 2.16. The molecule has 3 rings (SSSR count). The molecule has 1 aliphatic heterocycles. The van der Waals surface area contributed by atoms with E-state index < -0.39 is 0 Å². The van der Waals surface area contributed by atoms with Crippen molar-refractivity contribution in [3.05, 3.63) is 24.2 Å². The summed E-state index contributed by atoms with van der Waals surface area (Å²) >= 11 is 2.03. The Morgan fingerprint density at radius 3 is 3.25 bits per heavy atom. The molecule has 0 aliphatic carbocycles. The van der Waals surface area contributed by atoms with Crippen LogP contribution in [0.4, 0.5) is 0 Å². The molecule has 1 saturated heterocycles. The van der Waals surface area contributed by atoms with Gasteiger partial charge in [-0.2, -0.15) is 0 Å². The van der Waals surface area contributed by atoms with Crippen molar-refractivity contribution >= 4 is 22.9 Å². The van der Waals surface area contributed by atoms with Crippen molar-refractivity contribution in [2.24, 2.45) is 0 Å². The van der Waals surface area contributed by atoms with Crippen molar-refractivity contribution in [3.63, 3.8) is 0 Å². The van der Waals surface area contributed by atoms with Crippen LogP contribution in [0.2, 0.25) is 0 Å². The van der Waals surface area contributed by atoms with Gasteiger partial charge in [0.05, 0.1) is 5.37 Å². The number of hydrogen-bond acceptors (Lipinski definition) is 3. The summed E-state index contributed by atoms with van der Waals surface area (Å²) in [5.74, 6) is 2.44. The molecular formula is C12H15N3S. The molecule has 0 bridgehead atoms. The minimum atomic E-state index is 0.551. The third kappa shape index (κ3) is 1.52. The standard InChI is InChI=1S/C12H15N3S/c1-2-10-14-9-5-3-7-13-12(9)15(10)11-6-4-8-16-11/h3,5,7,11H,2,4,6,8H2,1H3. The molecule has 0 radical (unpaired) electrons. The molecule has 1 aliphatic rings. The predicted octanol–water partition coefficient (Wildman–Crippen LogP) is 3.02. The Morgan fingerprint density at radius 2 is 2.50 bits per heavy atom. The first-order valence-corrected chi connectivity index (χ1v) is 6.88. The zero-order chi connectivity index (χ0) is 11.0. The summed E-state index contributed by atoms with van der Waals surface area (Å²) in [7, 11) is 0. The van der Waals surface area contributed by atoms with E-state index in [4.69, 9.17) is 0 Å². The molecule has 4 heteroatoms. The van der Waals surface area contributed by atoms with Gasteiger partial charge in [0, 0.05) is 12.6 Å². The lowest BCUT2D eigenvalue weighted by molar-refractivity contribution is 0.625. The summed E-state index contributed by atoms with van der Waals surface area (Å²) in [5, 5.41) is 0.551. The molecule has 0 spiro atoms. The van der Waals surface area contributed by atoms with Crippen LogP contribution in [-0.2, 0) is 6.42 Å². The lowest BCUT2D eigenvalue weighted by Gasteiger charge is -2.13. The van der Waals surface area contributed by atoms with E-state index in [0.29, 0.717) is 5.37 Å². The number of fused-ring (bicyclic) bond motifs is 1. The number of pyridine rings is 1. The topological polar surface area (TPSA) is 30.7 Å². The molecule has 0 N–H and O–H groups in total. The van der Waals surface area contributed by atoms with Crippen LogP contribution in [-0.4, -0.2) is 20.3 Å². The van der Waals surface area contributed by atoms with Crippen molar-refractivity contribution < 1.29 is 0 Å². The molecule has 1 fully saturated rings. The third-order valence-corrected chi connectivity index (χ3v) is 4.39. The van der Waals surface area contributed by atoms with Gasteiger partial charge >= 0.3 is 0 Å². The number of imidazole rings is 1. The van der Waals surface area contributed by atoms with Crippen LogP contribution in [0.15, 0.2) is 18.3 Å². The molecule has 2 aromatic heterocycles. The van der Waals surface area contributed by atoms with Crippen molar-refractivity contribution in [1.29, 1.82) is 0 Å². The highest BCUT2D eigenvalue weighted by Crippen LogP contribution is 2.38. The first kappa shape index (κ1) is 10.1. The van der Waals surface area contributed by atoms with Crippen molar-refractivity contribution in [2.75, 3.05) is 5.75 Å². The Balaban J connectivity index is 2.18. The molecule has 1 atom stereocenters. The number of thioether (sulfide) groups is 1. The minimum Gasteiger partial charge on any atom is -0.300 e. The van der Waals surface area contributed by atoms with Gasteiger partial charge in [-0.3, -0.25) is 0 Å². The molecule has 2 aromatic rings. The number of nitrogens with zero attached hydrogens (tertiary/aromatic N) is 3. The molecule has 0 amide bonds. The summed E-state index contributed by atoms with van der Waals surface area (Å²) in [5.41, 5.74) is 2.09. The van der Waals surface area contributed by atoms with Gasteiger partial charge in [-0.1, -0.05) is 6.92 Å². The van der Waals surface area contributed by atoms with E-state index in [2.05, 4.69) is 27.5 Å². The van der Waals surface area contributed by atoms with Gasteiger partial charge in [0.1, 0.15) is 11.3 Å². The van der Waals surface area contributed by atoms with Crippen molar-refractivity contribution in [3.8, 4) is 0 Å². The van der Waals surface area contributed by atoms with Crippen LogP contribution < -0.4 is 0 Å². The molecule has 16 heavy (non-hydrogen) atoms. The highest BCUT2D eigenvalue weighted by molar-refractivity contribution is 7.99. The van der Waals surface area contributed by atoms with Crippen molar-refractivity contribution in [2.45, 2.75) is 31.6 Å². The average Bonchev–Trinajstić information content (AvgIpc) is 2.94. The molecule has 3 nitrogen and oxygen atoms in total. The van der Waals surface area contributed by atoms with Gasteiger partial charge in [0.25, 0.3) is 0 Å². The molecular weight excluding hydrogens is 218 g/mol. The fourth-order valence-corrected chi connectivity index (χ4v) is 3.60. The van der Waals surface area contributed by atoms with Gasteiger partial charge in [0.2, 0.25) is 0 Å². The van der Waals surface area contributed by atoms with E-state index >= 15 is 0 Å². The SMILES string of the molecule is CCc1nc2cccnc2n1C1CCCS1. The fourth-order valence-electron chi connectivity index (χ4n) is 2.29. The Morgan fingerprint density at radius 1 is 1.56 bits per heavy atom. The smallest absolute Gasteiger partial charge is 0.160 e. The Kier molecular flexibility index (Phi) is 2.59. The maximum absolute atomic E-state index is 4.66. The fraction of sp³-hybridized carbons (Fsp3) is 0.500. The van der Waals surface area contributed by atoms with E-state index in [1.807, 2.05) is 24.0 Å². The number of rotatable bonds is 2. The monoisotopic (exact) mass is 233 g/mol. The van der Waals surface area contributed by atoms with Gasteiger partial charge in [-0.25, -0.2) is 9.97 Å². The summed E-state index contributed by atoms with van der Waals surface area (Å²) in [6, 6.07) is 4.01. The van der Waals surface area contributed by atoms with E-state index in [-0.39, 0.29) is 0 Å². The van der Waals surface area contributed by atoms with Gasteiger partial charge in [-0.15, -0.1) is 11.8 Å². The van der Waals surface area contributed by atoms with Crippen LogP contribution in [0.25, 0.3) is 11.2 Å². The average molecular weight is 233 g/mol. The predicted molar refractivity (Wildman–Crippen MR) is 67.6 cm³/mol.